The smallest absolute Gasteiger partial charge is 0.407 e. The highest BCUT2D eigenvalue weighted by atomic mass is 16.5. The zero-order valence-electron chi connectivity index (χ0n) is 39.4. The summed E-state index contributed by atoms with van der Waals surface area (Å²) in [5.74, 6) is -1.42. The van der Waals surface area contributed by atoms with Crippen molar-refractivity contribution in [2.24, 2.45) is 45.3 Å². The van der Waals surface area contributed by atoms with E-state index < -0.39 is 45.9 Å². The zero-order valence-corrected chi connectivity index (χ0v) is 39.4. The third-order valence-electron chi connectivity index (χ3n) is 16.0. The van der Waals surface area contributed by atoms with Gasteiger partial charge in [-0.25, -0.2) is 4.79 Å². The van der Waals surface area contributed by atoms with Gasteiger partial charge in [0, 0.05) is 5.92 Å². The number of ether oxygens (including phenoxy) is 2. The lowest BCUT2D eigenvalue weighted by atomic mass is 9.91. The van der Waals surface area contributed by atoms with Crippen LogP contribution in [0.1, 0.15) is 105 Å². The molecule has 352 valence electrons. The number of esters is 1. The van der Waals surface area contributed by atoms with E-state index in [-0.39, 0.29) is 60.0 Å². The minimum absolute atomic E-state index is 0.117. The van der Waals surface area contributed by atoms with E-state index in [9.17, 15) is 24.0 Å². The molecule has 0 radical (unpaired) electrons. The molecular formula is C57H62N4O7. The molecule has 4 aliphatic rings. The summed E-state index contributed by atoms with van der Waals surface area (Å²) in [4.78, 5) is 70.0. The molecule has 0 bridgehead atoms. The quantitative estimate of drug-likeness (QED) is 0.0640. The summed E-state index contributed by atoms with van der Waals surface area (Å²) in [6.07, 6.45) is 1.70. The summed E-state index contributed by atoms with van der Waals surface area (Å²) in [7, 11) is 1.40. The minimum Gasteiger partial charge on any atom is -0.469 e. The van der Waals surface area contributed by atoms with Crippen molar-refractivity contribution >= 4 is 29.8 Å². The molecule has 5 aromatic rings. The first kappa shape index (κ1) is 46.4. The number of amides is 4. The van der Waals surface area contributed by atoms with E-state index in [1.54, 1.807) is 0 Å². The van der Waals surface area contributed by atoms with Crippen LogP contribution >= 0.6 is 0 Å². The molecule has 4 amide bonds. The largest absolute Gasteiger partial charge is 0.469 e. The van der Waals surface area contributed by atoms with Crippen molar-refractivity contribution in [3.8, 4) is 0 Å². The molecular weight excluding hydrogens is 853 g/mol. The average Bonchev–Trinajstić information content (AvgIpc) is 4.31. The van der Waals surface area contributed by atoms with Crippen molar-refractivity contribution in [2.45, 2.75) is 84.2 Å². The van der Waals surface area contributed by atoms with Crippen LogP contribution in [-0.4, -0.2) is 36.9 Å². The van der Waals surface area contributed by atoms with E-state index in [2.05, 4.69) is 21.3 Å². The van der Waals surface area contributed by atoms with Gasteiger partial charge in [0.1, 0.15) is 6.61 Å². The Morgan fingerprint density at radius 3 is 1.04 bits per heavy atom. The average molecular weight is 915 g/mol. The van der Waals surface area contributed by atoms with Crippen molar-refractivity contribution in [3.05, 3.63) is 179 Å². The van der Waals surface area contributed by atoms with Gasteiger partial charge in [0.05, 0.1) is 52.9 Å². The van der Waals surface area contributed by atoms with Crippen LogP contribution in [0.4, 0.5) is 4.79 Å². The number of methoxy groups -OCH3 is 1. The highest BCUT2D eigenvalue weighted by Crippen LogP contribution is 2.64. The van der Waals surface area contributed by atoms with Gasteiger partial charge in [0.15, 0.2) is 0 Å². The molecule has 5 aromatic carbocycles. The summed E-state index contributed by atoms with van der Waals surface area (Å²) in [5, 5.41) is 13.3. The molecule has 11 heteroatoms. The van der Waals surface area contributed by atoms with E-state index in [1.165, 1.54) is 7.11 Å². The van der Waals surface area contributed by atoms with E-state index in [0.29, 0.717) is 25.7 Å². The van der Waals surface area contributed by atoms with Crippen LogP contribution in [0.2, 0.25) is 0 Å². The fourth-order valence-electron chi connectivity index (χ4n) is 10.9. The Labute approximate surface area is 399 Å². The van der Waals surface area contributed by atoms with Crippen molar-refractivity contribution in [3.63, 3.8) is 0 Å². The zero-order chi connectivity index (χ0) is 47.8. The van der Waals surface area contributed by atoms with Crippen LogP contribution in [0.5, 0.6) is 0 Å². The Morgan fingerprint density at radius 1 is 0.441 bits per heavy atom. The highest BCUT2D eigenvalue weighted by molar-refractivity contribution is 5.90. The number of nitrogens with one attached hydrogen (secondary N) is 4. The molecule has 11 nitrogen and oxygen atoms in total. The number of benzene rings is 5. The molecule has 0 saturated heterocycles. The number of hydrogen-bond acceptors (Lipinski definition) is 7. The maximum Gasteiger partial charge on any atom is 0.407 e. The second-order valence-corrected chi connectivity index (χ2v) is 20.6. The molecule has 0 heterocycles. The van der Waals surface area contributed by atoms with Crippen LogP contribution in [0.3, 0.4) is 0 Å². The van der Waals surface area contributed by atoms with Gasteiger partial charge >= 0.3 is 12.1 Å². The third kappa shape index (κ3) is 9.15. The molecule has 4 N–H and O–H groups in total. The van der Waals surface area contributed by atoms with Gasteiger partial charge in [0.25, 0.3) is 0 Å². The first-order valence-corrected chi connectivity index (χ1v) is 23.9. The Balaban J connectivity index is 0.902. The first-order valence-electron chi connectivity index (χ1n) is 23.9. The second-order valence-electron chi connectivity index (χ2n) is 20.6. The van der Waals surface area contributed by atoms with Gasteiger partial charge in [-0.3, -0.25) is 19.2 Å². The Morgan fingerprint density at radius 2 is 0.721 bits per heavy atom. The lowest BCUT2D eigenvalue weighted by Crippen LogP contribution is -2.42. The second kappa shape index (κ2) is 18.4. The molecule has 68 heavy (non-hydrogen) atoms. The van der Waals surface area contributed by atoms with Crippen molar-refractivity contribution in [1.82, 2.24) is 21.3 Å². The summed E-state index contributed by atoms with van der Waals surface area (Å²) in [5.41, 5.74) is 1.39. The van der Waals surface area contributed by atoms with Crippen LogP contribution in [0, 0.1) is 45.3 Å². The van der Waals surface area contributed by atoms with E-state index in [4.69, 9.17) is 9.47 Å². The number of rotatable bonds is 18. The minimum atomic E-state index is -0.822. The number of carbonyl (C=O) groups excluding carboxylic acids is 5. The molecule has 4 aliphatic carbocycles. The Bertz CT molecular complexity index is 2640. The number of alkyl carbamates (subject to hydrolysis) is 1. The summed E-state index contributed by atoms with van der Waals surface area (Å²) < 4.78 is 10.8. The topological polar surface area (TPSA) is 152 Å². The summed E-state index contributed by atoms with van der Waals surface area (Å²) in [6, 6.07) is 46.8. The van der Waals surface area contributed by atoms with Gasteiger partial charge in [-0.1, -0.05) is 172 Å². The Hall–Kier alpha value is -6.75. The molecule has 4 saturated carbocycles. The summed E-state index contributed by atoms with van der Waals surface area (Å²) >= 11 is 0. The maximum atomic E-state index is 14.8. The van der Waals surface area contributed by atoms with Crippen molar-refractivity contribution in [1.29, 1.82) is 0 Å². The molecule has 4 fully saturated rings. The van der Waals surface area contributed by atoms with E-state index >= 15 is 0 Å². The standard InChI is InChI=1S/C57H62N4O7/c1-54(49(62)58-45(37-23-13-7-14-24-37)42-32-55(42,2)50(63)60-47(39-27-17-9-18-28-39)44-34-57(44,4)52(65)67-5)31-41(54)46(38-25-15-8-16-26-38)59-51(64)56(3)33-43(56)48(40-29-19-10-20-30-40)61-53(66)68-35-36-21-11-6-12-22-36/h6-30,41-48H,31-35H2,1-5H3,(H,58,62)(H,59,64)(H,60,63)(H,61,66)/t41-,42-,43-,44-,45-,46-,47-,48-,54-,55-,56-,57-/m0/s1. The van der Waals surface area contributed by atoms with Gasteiger partial charge in [-0.05, 0) is 78.2 Å². The van der Waals surface area contributed by atoms with Gasteiger partial charge < -0.3 is 30.7 Å². The van der Waals surface area contributed by atoms with E-state index in [1.807, 2.05) is 179 Å². The SMILES string of the molecule is COC(=O)[C@@]1(C)C[C@H]1[C@@H](NC(=O)[C@@]1(C)C[C@H]1[C@@H](NC(=O)[C@@]1(C)C[C@H]1[C@@H](NC(=O)[C@@]1(C)C[C@H]1[C@@H](NC(=O)OCc1ccccc1)c1ccccc1)c1ccccc1)c1ccccc1)c1ccccc1. The van der Waals surface area contributed by atoms with Crippen LogP contribution < -0.4 is 21.3 Å². The van der Waals surface area contributed by atoms with Gasteiger partial charge in [-0.2, -0.15) is 0 Å². The molecule has 0 aromatic heterocycles. The molecule has 0 spiro atoms. The third-order valence-corrected chi connectivity index (χ3v) is 16.0. The molecule has 12 atom stereocenters. The van der Waals surface area contributed by atoms with E-state index in [0.717, 1.165) is 27.8 Å². The normalized spacial score (nSPS) is 29.1. The van der Waals surface area contributed by atoms with Gasteiger partial charge in [0.2, 0.25) is 17.7 Å². The molecule has 9 rings (SSSR count). The van der Waals surface area contributed by atoms with Crippen molar-refractivity contribution in [2.75, 3.05) is 7.11 Å². The number of hydrogen-bond donors (Lipinski definition) is 4. The summed E-state index contributed by atoms with van der Waals surface area (Å²) in [6.45, 7) is 7.89. The first-order chi connectivity index (χ1) is 32.7. The number of carbonyl (C=O) groups is 5. The predicted molar refractivity (Wildman–Crippen MR) is 258 cm³/mol. The fraction of sp³-hybridized carbons (Fsp3) is 0.386. The monoisotopic (exact) mass is 914 g/mol. The Kier molecular flexibility index (Phi) is 12.5. The maximum absolute atomic E-state index is 14.8. The van der Waals surface area contributed by atoms with Gasteiger partial charge in [-0.15, -0.1) is 0 Å². The van der Waals surface area contributed by atoms with Crippen LogP contribution in [0.25, 0.3) is 0 Å². The molecule has 0 aliphatic heterocycles. The predicted octanol–water partition coefficient (Wildman–Crippen LogP) is 9.50. The lowest BCUT2D eigenvalue weighted by molar-refractivity contribution is -0.147. The molecule has 0 unspecified atom stereocenters. The van der Waals surface area contributed by atoms with Crippen LogP contribution in [0.15, 0.2) is 152 Å². The van der Waals surface area contributed by atoms with Crippen molar-refractivity contribution < 1.29 is 33.4 Å². The lowest BCUT2D eigenvalue weighted by Gasteiger charge is -2.28. The highest BCUT2D eigenvalue weighted by Gasteiger charge is 2.66. The van der Waals surface area contributed by atoms with Crippen LogP contribution in [-0.2, 0) is 35.3 Å². The fourth-order valence-corrected chi connectivity index (χ4v) is 10.9.